The SMILES string of the molecule is CC#CC1(OC(N)=O)CCCCC1. The molecule has 0 aliphatic heterocycles. The van der Waals surface area contributed by atoms with E-state index in [1.165, 1.54) is 6.42 Å². The second-order valence-electron chi connectivity index (χ2n) is 3.35. The standard InChI is InChI=1S/C10H15NO2/c1-2-6-10(13-9(11)12)7-4-3-5-8-10/h3-5,7-8H2,1H3,(H2,11,12). The highest BCUT2D eigenvalue weighted by Crippen LogP contribution is 2.30. The average Bonchev–Trinajstić information content (AvgIpc) is 2.04. The van der Waals surface area contributed by atoms with Gasteiger partial charge in [0.25, 0.3) is 0 Å². The molecule has 1 amide bonds. The quantitative estimate of drug-likeness (QED) is 0.627. The van der Waals surface area contributed by atoms with Crippen molar-refractivity contribution < 1.29 is 9.53 Å². The lowest BCUT2D eigenvalue weighted by Crippen LogP contribution is -2.37. The van der Waals surface area contributed by atoms with Gasteiger partial charge in [0.2, 0.25) is 0 Å². The van der Waals surface area contributed by atoms with Crippen molar-refractivity contribution >= 4 is 6.09 Å². The highest BCUT2D eigenvalue weighted by Gasteiger charge is 2.33. The van der Waals surface area contributed by atoms with Crippen LogP contribution in [0.3, 0.4) is 0 Å². The van der Waals surface area contributed by atoms with E-state index >= 15 is 0 Å². The smallest absolute Gasteiger partial charge is 0.406 e. The maximum Gasteiger partial charge on any atom is 0.406 e. The van der Waals surface area contributed by atoms with E-state index in [9.17, 15) is 4.79 Å². The largest absolute Gasteiger partial charge is 0.430 e. The molecule has 3 nitrogen and oxygen atoms in total. The van der Waals surface area contributed by atoms with Gasteiger partial charge in [-0.05, 0) is 32.6 Å². The Hall–Kier alpha value is -1.17. The van der Waals surface area contributed by atoms with Crippen LogP contribution in [0.15, 0.2) is 0 Å². The van der Waals surface area contributed by atoms with Crippen molar-refractivity contribution in [3.05, 3.63) is 0 Å². The first-order valence-electron chi connectivity index (χ1n) is 4.61. The molecule has 1 aliphatic carbocycles. The molecule has 0 radical (unpaired) electrons. The van der Waals surface area contributed by atoms with Crippen molar-refractivity contribution in [2.24, 2.45) is 5.73 Å². The van der Waals surface area contributed by atoms with Crippen LogP contribution in [0.2, 0.25) is 0 Å². The van der Waals surface area contributed by atoms with E-state index in [0.29, 0.717) is 0 Å². The molecule has 0 spiro atoms. The molecule has 1 aliphatic rings. The van der Waals surface area contributed by atoms with Gasteiger partial charge < -0.3 is 10.5 Å². The predicted octanol–water partition coefficient (Wildman–Crippen LogP) is 1.81. The lowest BCUT2D eigenvalue weighted by Gasteiger charge is -2.31. The molecule has 1 saturated carbocycles. The van der Waals surface area contributed by atoms with E-state index in [-0.39, 0.29) is 0 Å². The fourth-order valence-corrected chi connectivity index (χ4v) is 1.80. The van der Waals surface area contributed by atoms with Crippen molar-refractivity contribution in [2.75, 3.05) is 0 Å². The summed E-state index contributed by atoms with van der Waals surface area (Å²) in [5.74, 6) is 5.76. The van der Waals surface area contributed by atoms with Crippen LogP contribution < -0.4 is 5.73 Å². The number of ether oxygens (including phenoxy) is 1. The molecule has 1 rings (SSSR count). The molecule has 3 heteroatoms. The van der Waals surface area contributed by atoms with Crippen molar-refractivity contribution in [3.8, 4) is 11.8 Å². The molecule has 13 heavy (non-hydrogen) atoms. The van der Waals surface area contributed by atoms with Gasteiger partial charge in [-0.3, -0.25) is 0 Å². The zero-order valence-electron chi connectivity index (χ0n) is 7.93. The van der Waals surface area contributed by atoms with Crippen LogP contribution >= 0.6 is 0 Å². The maximum absolute atomic E-state index is 10.7. The van der Waals surface area contributed by atoms with Gasteiger partial charge in [0.1, 0.15) is 0 Å². The Kier molecular flexibility index (Phi) is 3.18. The molecule has 2 N–H and O–H groups in total. The number of hydrogen-bond donors (Lipinski definition) is 1. The second-order valence-corrected chi connectivity index (χ2v) is 3.35. The summed E-state index contributed by atoms with van der Waals surface area (Å²) in [4.78, 5) is 10.7. The number of carbonyl (C=O) groups is 1. The minimum Gasteiger partial charge on any atom is -0.430 e. The number of primary amides is 1. The summed E-state index contributed by atoms with van der Waals surface area (Å²) in [5, 5.41) is 0. The molecule has 0 aromatic carbocycles. The molecule has 1 fully saturated rings. The van der Waals surface area contributed by atoms with Crippen molar-refractivity contribution in [1.29, 1.82) is 0 Å². The van der Waals surface area contributed by atoms with Gasteiger partial charge in [0, 0.05) is 0 Å². The van der Waals surface area contributed by atoms with Crippen LogP contribution in [-0.4, -0.2) is 11.7 Å². The van der Waals surface area contributed by atoms with E-state index in [2.05, 4.69) is 11.8 Å². The summed E-state index contributed by atoms with van der Waals surface area (Å²) < 4.78 is 5.08. The van der Waals surface area contributed by atoms with Crippen molar-refractivity contribution in [2.45, 2.75) is 44.6 Å². The van der Waals surface area contributed by atoms with Crippen molar-refractivity contribution in [1.82, 2.24) is 0 Å². The Bertz CT molecular complexity index is 243. The van der Waals surface area contributed by atoms with E-state index < -0.39 is 11.7 Å². The number of carbonyl (C=O) groups excluding carboxylic acids is 1. The molecule has 72 valence electrons. The third-order valence-electron chi connectivity index (χ3n) is 2.31. The van der Waals surface area contributed by atoms with Crippen LogP contribution in [0.5, 0.6) is 0 Å². The van der Waals surface area contributed by atoms with Crippen LogP contribution in [0, 0.1) is 11.8 Å². The molecule has 0 saturated heterocycles. The topological polar surface area (TPSA) is 52.3 Å². The number of rotatable bonds is 1. The first-order valence-corrected chi connectivity index (χ1v) is 4.61. The highest BCUT2D eigenvalue weighted by molar-refractivity contribution is 5.65. The predicted molar refractivity (Wildman–Crippen MR) is 49.9 cm³/mol. The minimum atomic E-state index is -0.718. The van der Waals surface area contributed by atoms with Crippen molar-refractivity contribution in [3.63, 3.8) is 0 Å². The number of hydrogen-bond acceptors (Lipinski definition) is 2. The molecule has 0 unspecified atom stereocenters. The monoisotopic (exact) mass is 181 g/mol. The highest BCUT2D eigenvalue weighted by atomic mass is 16.6. The van der Waals surface area contributed by atoms with Gasteiger partial charge in [-0.2, -0.15) is 0 Å². The molecule has 0 atom stereocenters. The van der Waals surface area contributed by atoms with Gasteiger partial charge in [-0.1, -0.05) is 12.3 Å². The summed E-state index contributed by atoms with van der Waals surface area (Å²) in [6.07, 6.45) is 4.22. The summed E-state index contributed by atoms with van der Waals surface area (Å²) in [6, 6.07) is 0. The lowest BCUT2D eigenvalue weighted by molar-refractivity contribution is 0.0333. The fourth-order valence-electron chi connectivity index (χ4n) is 1.80. The maximum atomic E-state index is 10.7. The third kappa shape index (κ3) is 2.66. The average molecular weight is 181 g/mol. The summed E-state index contributed by atoms with van der Waals surface area (Å²) in [5.41, 5.74) is 4.43. The number of amides is 1. The Labute approximate surface area is 78.6 Å². The summed E-state index contributed by atoms with van der Waals surface area (Å²) in [6.45, 7) is 1.75. The van der Waals surface area contributed by atoms with E-state index in [0.717, 1.165) is 25.7 Å². The molecule has 0 aromatic rings. The van der Waals surface area contributed by atoms with E-state index in [1.807, 2.05) is 0 Å². The molecular weight excluding hydrogens is 166 g/mol. The Balaban J connectivity index is 2.70. The Morgan fingerprint density at radius 1 is 1.38 bits per heavy atom. The zero-order valence-corrected chi connectivity index (χ0v) is 7.93. The Morgan fingerprint density at radius 2 is 2.00 bits per heavy atom. The van der Waals surface area contributed by atoms with Crippen LogP contribution in [0.1, 0.15) is 39.0 Å². The van der Waals surface area contributed by atoms with Crippen LogP contribution in [-0.2, 0) is 4.74 Å². The van der Waals surface area contributed by atoms with Gasteiger partial charge in [0.05, 0.1) is 0 Å². The number of nitrogens with two attached hydrogens (primary N) is 1. The molecule has 0 aromatic heterocycles. The molecular formula is C10H15NO2. The van der Waals surface area contributed by atoms with E-state index in [4.69, 9.17) is 10.5 Å². The molecule has 0 bridgehead atoms. The summed E-state index contributed by atoms with van der Waals surface area (Å²) in [7, 11) is 0. The third-order valence-corrected chi connectivity index (χ3v) is 2.31. The van der Waals surface area contributed by atoms with E-state index in [1.54, 1.807) is 6.92 Å². The fraction of sp³-hybridized carbons (Fsp3) is 0.700. The van der Waals surface area contributed by atoms with Gasteiger partial charge >= 0.3 is 6.09 Å². The van der Waals surface area contributed by atoms with Crippen LogP contribution in [0.25, 0.3) is 0 Å². The first-order chi connectivity index (χ1) is 6.18. The van der Waals surface area contributed by atoms with Gasteiger partial charge in [-0.25, -0.2) is 4.79 Å². The Morgan fingerprint density at radius 3 is 2.46 bits per heavy atom. The molecule has 0 heterocycles. The summed E-state index contributed by atoms with van der Waals surface area (Å²) >= 11 is 0. The first kappa shape index (κ1) is 9.91. The zero-order chi connectivity index (χ0) is 9.73. The van der Waals surface area contributed by atoms with Gasteiger partial charge in [0.15, 0.2) is 5.60 Å². The van der Waals surface area contributed by atoms with Gasteiger partial charge in [-0.15, -0.1) is 5.92 Å². The minimum absolute atomic E-state index is 0.584. The normalized spacial score (nSPS) is 19.8. The second kappa shape index (κ2) is 4.18. The lowest BCUT2D eigenvalue weighted by atomic mass is 9.85. The van der Waals surface area contributed by atoms with Crippen LogP contribution in [0.4, 0.5) is 4.79 Å².